The maximum Gasteiger partial charge on any atom is 0.0604 e. The highest BCUT2D eigenvalue weighted by atomic mass is 16.5. The predicted molar refractivity (Wildman–Crippen MR) is 32.9 cm³/mol. The van der Waals surface area contributed by atoms with Crippen molar-refractivity contribution in [2.24, 2.45) is 0 Å². The van der Waals surface area contributed by atoms with Gasteiger partial charge in [-0.05, 0) is 25.7 Å². The van der Waals surface area contributed by atoms with E-state index in [1.807, 2.05) is 0 Å². The molecule has 0 aromatic rings. The Balaban J connectivity index is 3.54. The number of nitrogens with one attached hydrogen (secondary N) is 1. The lowest BCUT2D eigenvalue weighted by molar-refractivity contribution is 0.0765. The minimum atomic E-state index is -3.64. The first-order valence-corrected chi connectivity index (χ1v) is 1.91. The van der Waals surface area contributed by atoms with Crippen LogP contribution in [-0.2, 0) is 4.74 Å². The summed E-state index contributed by atoms with van der Waals surface area (Å²) in [6, 6.07) is 0. The highest BCUT2D eigenvalue weighted by Crippen LogP contribution is 2.04. The molecule has 0 atom stereocenters. The molecule has 2 nitrogen and oxygen atoms in total. The number of rotatable bonds is 1. The molecule has 0 radical (unpaired) electrons. The van der Waals surface area contributed by atoms with Crippen LogP contribution < -0.4 is 5.32 Å². The number of hydrogen-bond donors (Lipinski definition) is 1. The van der Waals surface area contributed by atoms with Gasteiger partial charge in [-0.25, -0.2) is 0 Å². The van der Waals surface area contributed by atoms with Crippen LogP contribution in [0.3, 0.4) is 0 Å². The van der Waals surface area contributed by atoms with Gasteiger partial charge in [0, 0.05) is 18.0 Å². The van der Waals surface area contributed by atoms with E-state index in [0.29, 0.717) is 0 Å². The number of methoxy groups -OCH3 is 1. The third kappa shape index (κ3) is 1.46. The van der Waals surface area contributed by atoms with Crippen molar-refractivity contribution in [2.45, 2.75) is 18.8 Å². The molecule has 8 heavy (non-hydrogen) atoms. The minimum absolute atomic E-state index is 1.49. The van der Waals surface area contributed by atoms with E-state index in [9.17, 15) is 0 Å². The smallest absolute Gasteiger partial charge is 0.0604 e. The van der Waals surface area contributed by atoms with Gasteiger partial charge in [0.1, 0.15) is 0 Å². The second-order valence-electron chi connectivity index (χ2n) is 1.06. The molecule has 0 aromatic carbocycles. The van der Waals surface area contributed by atoms with E-state index in [2.05, 4.69) is 4.74 Å². The zero-order chi connectivity index (χ0) is 16.4. The summed E-state index contributed by atoms with van der Waals surface area (Å²) in [5.74, 6) is 0. The van der Waals surface area contributed by atoms with Crippen LogP contribution >= 0.6 is 0 Å². The molecular weight excluding hydrogens is 102 g/mol. The summed E-state index contributed by atoms with van der Waals surface area (Å²) >= 11 is 0. The van der Waals surface area contributed by atoms with Gasteiger partial charge < -0.3 is 10.1 Å². The number of ether oxygens (including phenoxy) is 1. The van der Waals surface area contributed by atoms with E-state index in [4.69, 9.17) is 16.4 Å². The third-order valence-electron chi connectivity index (χ3n) is 0.579. The lowest BCUT2D eigenvalue weighted by atomic mass is 10.1. The maximum atomic E-state index is 7.74. The lowest BCUT2D eigenvalue weighted by Crippen LogP contribution is -2.31. The Kier molecular flexibility index (Phi) is 0.364. The van der Waals surface area contributed by atoms with E-state index < -0.39 is 38.9 Å². The SMILES string of the molecule is [2H]C([2H])([2H])OC1([2H])C([2H])([2H])C([2H])([2H])NC([2H])([2H])C1([2H])[2H]. The molecule has 0 aliphatic carbocycles. The van der Waals surface area contributed by atoms with Crippen LogP contribution in [0.25, 0.3) is 0 Å². The second-order valence-corrected chi connectivity index (χ2v) is 1.06. The van der Waals surface area contributed by atoms with Gasteiger partial charge in [-0.15, -0.1) is 0 Å². The Labute approximate surface area is 67.1 Å². The van der Waals surface area contributed by atoms with Gasteiger partial charge in [-0.1, -0.05) is 0 Å². The Hall–Kier alpha value is -0.0800. The summed E-state index contributed by atoms with van der Waals surface area (Å²) in [5.41, 5.74) is 0. The van der Waals surface area contributed by atoms with Crippen LogP contribution in [0, 0.1) is 0 Å². The molecule has 1 fully saturated rings. The standard InChI is InChI=1S/C6H13NO/c1-8-6-2-4-7-5-3-6/h6-7H,2-5H2,1H3/i1D3,2D2,3D2,4D2,5D2,6D. The van der Waals surface area contributed by atoms with Gasteiger partial charge in [-0.3, -0.25) is 0 Å². The van der Waals surface area contributed by atoms with Gasteiger partial charge in [0.15, 0.2) is 0 Å². The molecule has 1 aliphatic heterocycles. The summed E-state index contributed by atoms with van der Waals surface area (Å²) in [4.78, 5) is 0. The highest BCUT2D eigenvalue weighted by molar-refractivity contribution is 4.66. The molecule has 0 amide bonds. The number of piperidine rings is 1. The summed E-state index contributed by atoms with van der Waals surface area (Å²) in [7, 11) is -3.41. The van der Waals surface area contributed by atoms with Crippen LogP contribution in [-0.4, -0.2) is 26.1 Å². The average molecular weight is 127 g/mol. The molecule has 0 unspecified atom stereocenters. The molecule has 1 saturated heterocycles. The van der Waals surface area contributed by atoms with Gasteiger partial charge >= 0.3 is 0 Å². The molecule has 1 N–H and O–H groups in total. The summed E-state index contributed by atoms with van der Waals surface area (Å²) in [6.45, 7) is -6.45. The normalized spacial score (nSPS) is 76.5. The zero-order valence-electron chi connectivity index (χ0n) is 15.9. The fourth-order valence-corrected chi connectivity index (χ4v) is 0.290. The van der Waals surface area contributed by atoms with E-state index in [1.54, 1.807) is 0 Å². The average Bonchev–Trinajstić information content (AvgIpc) is 2.10. The van der Waals surface area contributed by atoms with Crippen molar-refractivity contribution < 1.29 is 21.2 Å². The van der Waals surface area contributed by atoms with E-state index in [0.717, 1.165) is 0 Å². The topological polar surface area (TPSA) is 21.3 Å². The summed E-state index contributed by atoms with van der Waals surface area (Å²) in [6.07, 6.45) is -10.6. The molecule has 0 aromatic heterocycles. The summed E-state index contributed by atoms with van der Waals surface area (Å²) < 4.78 is 92.5. The van der Waals surface area contributed by atoms with Gasteiger partial charge in [0.2, 0.25) is 0 Å². The van der Waals surface area contributed by atoms with Crippen molar-refractivity contribution in [3.05, 3.63) is 0 Å². The quantitative estimate of drug-likeness (QED) is 0.550. The molecule has 0 spiro atoms. The first-order valence-electron chi connectivity index (χ1n) is 7.91. The van der Waals surface area contributed by atoms with Crippen molar-refractivity contribution in [3.63, 3.8) is 0 Å². The predicted octanol–water partition coefficient (Wildman–Crippen LogP) is 0.385. The fraction of sp³-hybridized carbons (Fsp3) is 1.00. The molecule has 1 rings (SSSR count). The Morgan fingerprint density at radius 2 is 2.62 bits per heavy atom. The highest BCUT2D eigenvalue weighted by Gasteiger charge is 2.09. The van der Waals surface area contributed by atoms with Crippen molar-refractivity contribution in [1.29, 1.82) is 0 Å². The first-order chi connectivity index (χ1) is 8.41. The fourth-order valence-electron chi connectivity index (χ4n) is 0.290. The Morgan fingerprint density at radius 3 is 3.25 bits per heavy atom. The van der Waals surface area contributed by atoms with Crippen LogP contribution in [0.4, 0.5) is 0 Å². The van der Waals surface area contributed by atoms with E-state index >= 15 is 0 Å². The Bertz CT molecular complexity index is 373. The zero-order valence-corrected chi connectivity index (χ0v) is 3.91. The minimum Gasteiger partial charge on any atom is -0.381 e. The van der Waals surface area contributed by atoms with Gasteiger partial charge in [0.25, 0.3) is 0 Å². The van der Waals surface area contributed by atoms with Crippen molar-refractivity contribution in [2.75, 3.05) is 20.0 Å². The molecule has 2 heteroatoms. The maximum absolute atomic E-state index is 7.74. The van der Waals surface area contributed by atoms with Gasteiger partial charge in [0.05, 0.1) is 11.6 Å². The van der Waals surface area contributed by atoms with Crippen LogP contribution in [0.1, 0.15) is 29.2 Å². The molecule has 48 valence electrons. The lowest BCUT2D eigenvalue weighted by Gasteiger charge is -2.20. The summed E-state index contributed by atoms with van der Waals surface area (Å²) in [5, 5.41) is 1.49. The van der Waals surface area contributed by atoms with Crippen LogP contribution in [0.2, 0.25) is 0 Å². The molecular formula is C6H13NO. The van der Waals surface area contributed by atoms with E-state index in [1.165, 1.54) is 5.32 Å². The first kappa shape index (κ1) is 0.956. The molecule has 1 aliphatic rings. The molecule has 0 saturated carbocycles. The van der Waals surface area contributed by atoms with E-state index in [-0.39, 0.29) is 0 Å². The monoisotopic (exact) mass is 127 g/mol. The van der Waals surface area contributed by atoms with Crippen molar-refractivity contribution >= 4 is 0 Å². The van der Waals surface area contributed by atoms with Crippen LogP contribution in [0.15, 0.2) is 0 Å². The molecule has 0 bridgehead atoms. The molecule has 1 heterocycles. The largest absolute Gasteiger partial charge is 0.381 e. The third-order valence-corrected chi connectivity index (χ3v) is 0.579. The van der Waals surface area contributed by atoms with Crippen molar-refractivity contribution in [1.82, 2.24) is 5.32 Å². The number of hydrogen-bond acceptors (Lipinski definition) is 2. The van der Waals surface area contributed by atoms with Crippen LogP contribution in [0.5, 0.6) is 0 Å². The van der Waals surface area contributed by atoms with Gasteiger partial charge in [-0.2, -0.15) is 0 Å². The second kappa shape index (κ2) is 3.05. The Morgan fingerprint density at radius 1 is 1.88 bits per heavy atom. The van der Waals surface area contributed by atoms with Crippen molar-refractivity contribution in [3.8, 4) is 0 Å².